The summed E-state index contributed by atoms with van der Waals surface area (Å²) in [5, 5.41) is 12.7. The Balaban J connectivity index is 2.32. The molecule has 1 unspecified atom stereocenters. The lowest BCUT2D eigenvalue weighted by molar-refractivity contribution is 0.159. The highest BCUT2D eigenvalue weighted by Crippen LogP contribution is 2.13. The molecule has 0 radical (unpaired) electrons. The van der Waals surface area contributed by atoms with Crippen LogP contribution in [0.3, 0.4) is 0 Å². The zero-order valence-electron chi connectivity index (χ0n) is 12.2. The van der Waals surface area contributed by atoms with Crippen LogP contribution in [0.4, 0.5) is 0 Å². The molecule has 1 aliphatic rings. The minimum absolute atomic E-state index is 0.134. The van der Waals surface area contributed by atoms with Gasteiger partial charge >= 0.3 is 0 Å². The van der Waals surface area contributed by atoms with Crippen molar-refractivity contribution < 1.29 is 13.5 Å². The molecular weight excluding hydrogens is 264 g/mol. The van der Waals surface area contributed by atoms with Crippen molar-refractivity contribution in [3.05, 3.63) is 0 Å². The average molecular weight is 292 g/mol. The van der Waals surface area contributed by atoms with Gasteiger partial charge in [-0.3, -0.25) is 0 Å². The van der Waals surface area contributed by atoms with Gasteiger partial charge in [-0.15, -0.1) is 0 Å². The molecule has 5 nitrogen and oxygen atoms in total. The highest BCUT2D eigenvalue weighted by atomic mass is 32.2. The van der Waals surface area contributed by atoms with E-state index in [0.717, 1.165) is 38.9 Å². The van der Waals surface area contributed by atoms with Gasteiger partial charge < -0.3 is 15.3 Å². The third-order valence-electron chi connectivity index (χ3n) is 3.80. The average Bonchev–Trinajstić information content (AvgIpc) is 2.51. The summed E-state index contributed by atoms with van der Waals surface area (Å²) in [6.07, 6.45) is 2.62. The number of likely N-dealkylation sites (N-methyl/N-ethyl adjacent to an activating group) is 1. The van der Waals surface area contributed by atoms with E-state index in [1.54, 1.807) is 0 Å². The van der Waals surface area contributed by atoms with E-state index < -0.39 is 9.84 Å². The molecular formula is C13H28N2O3S. The minimum atomic E-state index is -2.81. The van der Waals surface area contributed by atoms with Crippen LogP contribution in [0.15, 0.2) is 0 Å². The molecule has 1 saturated heterocycles. The second-order valence-electron chi connectivity index (χ2n) is 5.70. The van der Waals surface area contributed by atoms with Crippen molar-refractivity contribution in [3.8, 4) is 0 Å². The van der Waals surface area contributed by atoms with Gasteiger partial charge in [0.1, 0.15) is 0 Å². The van der Waals surface area contributed by atoms with E-state index in [1.807, 2.05) is 13.8 Å². The number of nitrogens with zero attached hydrogens (tertiary/aromatic N) is 1. The van der Waals surface area contributed by atoms with Crippen molar-refractivity contribution in [1.82, 2.24) is 10.2 Å². The molecule has 0 aliphatic carbocycles. The Bertz CT molecular complexity index is 359. The van der Waals surface area contributed by atoms with Gasteiger partial charge in [0.15, 0.2) is 9.84 Å². The zero-order chi connectivity index (χ0) is 14.4. The molecule has 114 valence electrons. The van der Waals surface area contributed by atoms with Crippen LogP contribution in [0.1, 0.15) is 33.1 Å². The maximum absolute atomic E-state index is 11.5. The van der Waals surface area contributed by atoms with Crippen LogP contribution in [-0.2, 0) is 9.84 Å². The molecule has 2 N–H and O–H groups in total. The Kier molecular flexibility index (Phi) is 6.73. The lowest BCUT2D eigenvalue weighted by atomic mass is 9.96. The summed E-state index contributed by atoms with van der Waals surface area (Å²) in [6.45, 7) is 7.48. The summed E-state index contributed by atoms with van der Waals surface area (Å²) in [6, 6.07) is 0. The fraction of sp³-hybridized carbons (Fsp3) is 1.00. The second kappa shape index (κ2) is 7.57. The van der Waals surface area contributed by atoms with E-state index in [1.165, 1.54) is 0 Å². The standard InChI is InChI=1S/C13H28N2O3S/c1-3-14-13(2,12-16)6-4-7-15-8-5-10-19(17,18)11-9-15/h14,16H,3-12H2,1-2H3. The van der Waals surface area contributed by atoms with Crippen LogP contribution in [0.2, 0.25) is 0 Å². The van der Waals surface area contributed by atoms with Crippen molar-refractivity contribution in [2.24, 2.45) is 0 Å². The van der Waals surface area contributed by atoms with Crippen LogP contribution >= 0.6 is 0 Å². The number of aliphatic hydroxyl groups is 1. The minimum Gasteiger partial charge on any atom is -0.394 e. The van der Waals surface area contributed by atoms with Crippen molar-refractivity contribution in [2.75, 3.05) is 44.3 Å². The first kappa shape index (κ1) is 16.9. The molecule has 0 aromatic heterocycles. The summed E-state index contributed by atoms with van der Waals surface area (Å²) in [5.74, 6) is 0.618. The van der Waals surface area contributed by atoms with Crippen molar-refractivity contribution in [1.29, 1.82) is 0 Å². The van der Waals surface area contributed by atoms with E-state index in [4.69, 9.17) is 0 Å². The van der Waals surface area contributed by atoms with Crippen molar-refractivity contribution in [2.45, 2.75) is 38.6 Å². The second-order valence-corrected chi connectivity index (χ2v) is 8.00. The Labute approximate surface area is 117 Å². The number of rotatable bonds is 7. The van der Waals surface area contributed by atoms with E-state index >= 15 is 0 Å². The molecule has 0 aromatic rings. The van der Waals surface area contributed by atoms with Gasteiger partial charge in [-0.25, -0.2) is 8.42 Å². The fourth-order valence-electron chi connectivity index (χ4n) is 2.56. The fourth-order valence-corrected chi connectivity index (χ4v) is 3.87. The molecule has 19 heavy (non-hydrogen) atoms. The molecule has 1 rings (SSSR count). The third-order valence-corrected chi connectivity index (χ3v) is 5.52. The monoisotopic (exact) mass is 292 g/mol. The van der Waals surface area contributed by atoms with Crippen LogP contribution < -0.4 is 5.32 Å². The third kappa shape index (κ3) is 6.21. The Morgan fingerprint density at radius 3 is 2.68 bits per heavy atom. The van der Waals surface area contributed by atoms with Crippen LogP contribution in [0, 0.1) is 0 Å². The molecule has 1 atom stereocenters. The number of hydrogen-bond acceptors (Lipinski definition) is 5. The molecule has 1 fully saturated rings. The normalized spacial score (nSPS) is 23.7. The molecule has 0 spiro atoms. The molecule has 0 bridgehead atoms. The molecule has 0 saturated carbocycles. The van der Waals surface area contributed by atoms with Crippen LogP contribution in [0.25, 0.3) is 0 Å². The van der Waals surface area contributed by atoms with E-state index in [-0.39, 0.29) is 17.9 Å². The first-order valence-electron chi connectivity index (χ1n) is 7.19. The Morgan fingerprint density at radius 1 is 1.32 bits per heavy atom. The molecule has 0 aromatic carbocycles. The zero-order valence-corrected chi connectivity index (χ0v) is 13.0. The molecule has 1 heterocycles. The van der Waals surface area contributed by atoms with Gasteiger partial charge in [0.05, 0.1) is 18.1 Å². The van der Waals surface area contributed by atoms with Crippen molar-refractivity contribution >= 4 is 9.84 Å². The summed E-state index contributed by atoms with van der Waals surface area (Å²) >= 11 is 0. The number of aliphatic hydroxyl groups excluding tert-OH is 1. The smallest absolute Gasteiger partial charge is 0.151 e. The topological polar surface area (TPSA) is 69.6 Å². The predicted molar refractivity (Wildman–Crippen MR) is 78.1 cm³/mol. The van der Waals surface area contributed by atoms with E-state index in [0.29, 0.717) is 12.3 Å². The van der Waals surface area contributed by atoms with Crippen LogP contribution in [-0.4, -0.2) is 68.3 Å². The quantitative estimate of drug-likeness (QED) is 0.704. The first-order valence-corrected chi connectivity index (χ1v) is 9.01. The highest BCUT2D eigenvalue weighted by Gasteiger charge is 2.23. The summed E-state index contributed by atoms with van der Waals surface area (Å²) in [4.78, 5) is 2.23. The lowest BCUT2D eigenvalue weighted by Gasteiger charge is -2.29. The van der Waals surface area contributed by atoms with Gasteiger partial charge in [0.2, 0.25) is 0 Å². The number of nitrogens with one attached hydrogen (secondary N) is 1. The molecule has 0 amide bonds. The summed E-state index contributed by atoms with van der Waals surface area (Å²) in [5.41, 5.74) is -0.216. The van der Waals surface area contributed by atoms with Gasteiger partial charge in [0, 0.05) is 12.1 Å². The van der Waals surface area contributed by atoms with Crippen LogP contribution in [0.5, 0.6) is 0 Å². The first-order chi connectivity index (χ1) is 8.91. The van der Waals surface area contributed by atoms with Gasteiger partial charge in [-0.05, 0) is 45.8 Å². The number of sulfone groups is 1. The summed E-state index contributed by atoms with van der Waals surface area (Å²) < 4.78 is 23.0. The Morgan fingerprint density at radius 2 is 2.05 bits per heavy atom. The van der Waals surface area contributed by atoms with E-state index in [9.17, 15) is 13.5 Å². The van der Waals surface area contributed by atoms with Gasteiger partial charge in [0.25, 0.3) is 0 Å². The maximum atomic E-state index is 11.5. The Hall–Kier alpha value is -0.170. The maximum Gasteiger partial charge on any atom is 0.151 e. The number of hydrogen-bond donors (Lipinski definition) is 2. The molecule has 1 aliphatic heterocycles. The van der Waals surface area contributed by atoms with Gasteiger partial charge in [-0.2, -0.15) is 0 Å². The predicted octanol–water partition coefficient (Wildman–Crippen LogP) is 0.248. The van der Waals surface area contributed by atoms with Crippen molar-refractivity contribution in [3.63, 3.8) is 0 Å². The van der Waals surface area contributed by atoms with Gasteiger partial charge in [-0.1, -0.05) is 6.92 Å². The molecule has 6 heteroatoms. The lowest BCUT2D eigenvalue weighted by Crippen LogP contribution is -2.46. The highest BCUT2D eigenvalue weighted by molar-refractivity contribution is 7.91. The van der Waals surface area contributed by atoms with E-state index in [2.05, 4.69) is 10.2 Å². The largest absolute Gasteiger partial charge is 0.394 e. The summed E-state index contributed by atoms with van der Waals surface area (Å²) in [7, 11) is -2.81. The SMILES string of the molecule is CCNC(C)(CO)CCCN1CCCS(=O)(=O)CC1.